The number of imidazole rings is 1. The second-order valence-electron chi connectivity index (χ2n) is 5.04. The van der Waals surface area contributed by atoms with Crippen LogP contribution in [0.4, 0.5) is 0 Å². The van der Waals surface area contributed by atoms with Gasteiger partial charge in [0.05, 0.1) is 29.3 Å². The fourth-order valence-corrected chi connectivity index (χ4v) is 3.41. The van der Waals surface area contributed by atoms with E-state index < -0.39 is 0 Å². The highest BCUT2D eigenvalue weighted by atomic mass is 35.5. The van der Waals surface area contributed by atoms with Gasteiger partial charge in [-0.05, 0) is 29.6 Å². The molecule has 0 N–H and O–H groups in total. The number of halogens is 1. The summed E-state index contributed by atoms with van der Waals surface area (Å²) in [6.07, 6.45) is 1.58. The molecule has 3 heterocycles. The average Bonchev–Trinajstić information content (AvgIpc) is 3.08. The molecule has 0 aliphatic rings. The zero-order valence-electron chi connectivity index (χ0n) is 11.7. The van der Waals surface area contributed by atoms with E-state index in [0.29, 0.717) is 17.0 Å². The molecule has 0 unspecified atom stereocenters. The van der Waals surface area contributed by atoms with Crippen molar-refractivity contribution in [2.45, 2.75) is 6.54 Å². The lowest BCUT2D eigenvalue weighted by Gasteiger charge is -2.05. The lowest BCUT2D eigenvalue weighted by molar-refractivity contribution is 0.680. The molecular weight excluding hydrogens is 320 g/mol. The van der Waals surface area contributed by atoms with Gasteiger partial charge >= 0.3 is 0 Å². The van der Waals surface area contributed by atoms with Crippen molar-refractivity contribution >= 4 is 44.2 Å². The molecule has 3 aromatic heterocycles. The molecule has 0 radical (unpaired) electrons. The summed E-state index contributed by atoms with van der Waals surface area (Å²) in [6, 6.07) is 7.39. The van der Waals surface area contributed by atoms with E-state index >= 15 is 0 Å². The second kappa shape index (κ2) is 4.93. The first-order valence-electron chi connectivity index (χ1n) is 6.67. The molecule has 0 atom stereocenters. The van der Waals surface area contributed by atoms with Crippen LogP contribution >= 0.6 is 22.9 Å². The molecule has 110 valence electrons. The Labute approximate surface area is 134 Å². The third-order valence-electron chi connectivity index (χ3n) is 3.70. The SMILES string of the molecule is Cn1c(Cn2cnc3sccc3c2=O)nc2cc(Cl)ccc21. The normalized spacial score (nSPS) is 11.5. The van der Waals surface area contributed by atoms with Crippen molar-refractivity contribution in [2.24, 2.45) is 7.05 Å². The van der Waals surface area contributed by atoms with Crippen LogP contribution in [-0.2, 0) is 13.6 Å². The fourth-order valence-electron chi connectivity index (χ4n) is 2.52. The Morgan fingerprint density at radius 3 is 3.05 bits per heavy atom. The zero-order valence-corrected chi connectivity index (χ0v) is 13.2. The van der Waals surface area contributed by atoms with Gasteiger partial charge in [0.25, 0.3) is 5.56 Å². The van der Waals surface area contributed by atoms with Gasteiger partial charge < -0.3 is 4.57 Å². The molecule has 5 nitrogen and oxygen atoms in total. The van der Waals surface area contributed by atoms with E-state index in [1.807, 2.05) is 35.2 Å². The van der Waals surface area contributed by atoms with Crippen molar-refractivity contribution in [1.82, 2.24) is 19.1 Å². The Hall–Kier alpha value is -2.18. The third kappa shape index (κ3) is 2.03. The van der Waals surface area contributed by atoms with E-state index in [1.165, 1.54) is 11.3 Å². The lowest BCUT2D eigenvalue weighted by atomic mass is 10.3. The standard InChI is InChI=1S/C15H11ClN4OS/c1-19-12-3-2-9(16)6-11(12)18-13(19)7-20-8-17-14-10(15(20)21)4-5-22-14/h2-6,8H,7H2,1H3. The van der Waals surface area contributed by atoms with Crippen LogP contribution in [0.15, 0.2) is 40.8 Å². The van der Waals surface area contributed by atoms with Crippen LogP contribution in [0, 0.1) is 0 Å². The summed E-state index contributed by atoms with van der Waals surface area (Å²) in [5.41, 5.74) is 1.76. The lowest BCUT2D eigenvalue weighted by Crippen LogP contribution is -2.22. The summed E-state index contributed by atoms with van der Waals surface area (Å²) < 4.78 is 3.55. The Morgan fingerprint density at radius 2 is 2.18 bits per heavy atom. The maximum atomic E-state index is 12.4. The molecule has 0 saturated heterocycles. The summed E-state index contributed by atoms with van der Waals surface area (Å²) in [6.45, 7) is 0.375. The minimum atomic E-state index is -0.0451. The number of hydrogen-bond donors (Lipinski definition) is 0. The molecular formula is C15H11ClN4OS. The first-order chi connectivity index (χ1) is 10.6. The molecule has 7 heteroatoms. The van der Waals surface area contributed by atoms with Gasteiger partial charge in [0.2, 0.25) is 0 Å². The van der Waals surface area contributed by atoms with Crippen molar-refractivity contribution in [1.29, 1.82) is 0 Å². The second-order valence-corrected chi connectivity index (χ2v) is 6.37. The molecule has 0 amide bonds. The summed E-state index contributed by atoms with van der Waals surface area (Å²) in [5, 5.41) is 3.17. The molecule has 22 heavy (non-hydrogen) atoms. The Kier molecular flexibility index (Phi) is 3.02. The Bertz CT molecular complexity index is 1060. The molecule has 0 spiro atoms. The quantitative estimate of drug-likeness (QED) is 0.567. The zero-order chi connectivity index (χ0) is 15.3. The maximum Gasteiger partial charge on any atom is 0.262 e. The Balaban J connectivity index is 1.83. The summed E-state index contributed by atoms with van der Waals surface area (Å²) >= 11 is 7.47. The van der Waals surface area contributed by atoms with Gasteiger partial charge in [0.1, 0.15) is 10.7 Å². The number of aromatic nitrogens is 4. The van der Waals surface area contributed by atoms with Crippen molar-refractivity contribution in [3.05, 3.63) is 57.2 Å². The monoisotopic (exact) mass is 330 g/mol. The smallest absolute Gasteiger partial charge is 0.262 e. The average molecular weight is 331 g/mol. The van der Waals surface area contributed by atoms with Crippen molar-refractivity contribution in [2.75, 3.05) is 0 Å². The van der Waals surface area contributed by atoms with Crippen LogP contribution in [0.3, 0.4) is 0 Å². The number of fused-ring (bicyclic) bond motifs is 2. The third-order valence-corrected chi connectivity index (χ3v) is 4.75. The topological polar surface area (TPSA) is 52.7 Å². The van der Waals surface area contributed by atoms with Crippen LogP contribution in [0.5, 0.6) is 0 Å². The van der Waals surface area contributed by atoms with Crippen LogP contribution in [0.2, 0.25) is 5.02 Å². The first-order valence-corrected chi connectivity index (χ1v) is 7.93. The number of benzene rings is 1. The highest BCUT2D eigenvalue weighted by Gasteiger charge is 2.11. The van der Waals surface area contributed by atoms with Crippen LogP contribution in [-0.4, -0.2) is 19.1 Å². The first kappa shape index (κ1) is 13.5. The van der Waals surface area contributed by atoms with Crippen LogP contribution in [0.1, 0.15) is 5.82 Å². The van der Waals surface area contributed by atoms with E-state index in [4.69, 9.17) is 11.6 Å². The summed E-state index contributed by atoms with van der Waals surface area (Å²) in [5.74, 6) is 0.788. The van der Waals surface area contributed by atoms with Gasteiger partial charge in [-0.1, -0.05) is 11.6 Å². The van der Waals surface area contributed by atoms with Crippen molar-refractivity contribution in [3.63, 3.8) is 0 Å². The largest absolute Gasteiger partial charge is 0.330 e. The number of aryl methyl sites for hydroxylation is 1. The summed E-state index contributed by atoms with van der Waals surface area (Å²) in [7, 11) is 1.93. The van der Waals surface area contributed by atoms with E-state index in [0.717, 1.165) is 21.7 Å². The van der Waals surface area contributed by atoms with Crippen molar-refractivity contribution in [3.8, 4) is 0 Å². The molecule has 4 rings (SSSR count). The minimum Gasteiger partial charge on any atom is -0.330 e. The van der Waals surface area contributed by atoms with Gasteiger partial charge in [0.15, 0.2) is 0 Å². The number of nitrogens with zero attached hydrogens (tertiary/aromatic N) is 4. The molecule has 0 saturated carbocycles. The molecule has 0 aliphatic carbocycles. The number of hydrogen-bond acceptors (Lipinski definition) is 4. The molecule has 0 fully saturated rings. The number of thiophene rings is 1. The predicted molar refractivity (Wildman–Crippen MR) is 88.7 cm³/mol. The maximum absolute atomic E-state index is 12.4. The van der Waals surface area contributed by atoms with Gasteiger partial charge in [-0.25, -0.2) is 9.97 Å². The molecule has 1 aromatic carbocycles. The van der Waals surface area contributed by atoms with Gasteiger partial charge in [-0.2, -0.15) is 0 Å². The molecule has 0 bridgehead atoms. The highest BCUT2D eigenvalue weighted by molar-refractivity contribution is 7.16. The van der Waals surface area contributed by atoms with Gasteiger partial charge in [-0.3, -0.25) is 9.36 Å². The number of rotatable bonds is 2. The summed E-state index contributed by atoms with van der Waals surface area (Å²) in [4.78, 5) is 22.1. The van der Waals surface area contributed by atoms with E-state index in [-0.39, 0.29) is 5.56 Å². The van der Waals surface area contributed by atoms with Gasteiger partial charge in [0, 0.05) is 12.1 Å². The van der Waals surface area contributed by atoms with E-state index in [9.17, 15) is 4.79 Å². The van der Waals surface area contributed by atoms with Crippen molar-refractivity contribution < 1.29 is 0 Å². The van der Waals surface area contributed by atoms with Crippen LogP contribution in [0.25, 0.3) is 21.3 Å². The molecule has 4 aromatic rings. The fraction of sp³-hybridized carbons (Fsp3) is 0.133. The van der Waals surface area contributed by atoms with E-state index in [2.05, 4.69) is 9.97 Å². The predicted octanol–water partition coefficient (Wildman–Crippen LogP) is 3.05. The molecule has 0 aliphatic heterocycles. The van der Waals surface area contributed by atoms with Gasteiger partial charge in [-0.15, -0.1) is 11.3 Å². The minimum absolute atomic E-state index is 0.0451. The Morgan fingerprint density at radius 1 is 1.32 bits per heavy atom. The highest BCUT2D eigenvalue weighted by Crippen LogP contribution is 2.20. The van der Waals surface area contributed by atoms with E-state index in [1.54, 1.807) is 17.0 Å². The van der Waals surface area contributed by atoms with Crippen LogP contribution < -0.4 is 5.56 Å².